The van der Waals surface area contributed by atoms with Gasteiger partial charge in [-0.05, 0) is 0 Å². The minimum atomic E-state index is 0.709. The van der Waals surface area contributed by atoms with E-state index in [1.807, 2.05) is 28.9 Å². The van der Waals surface area contributed by atoms with Gasteiger partial charge in [-0.1, -0.05) is 0 Å². The summed E-state index contributed by atoms with van der Waals surface area (Å²) in [5, 5.41) is 7.98. The first-order valence-corrected chi connectivity index (χ1v) is 3.81. The monoisotopic (exact) mass is 155 g/mol. The summed E-state index contributed by atoms with van der Waals surface area (Å²) in [5.74, 6) is 0. The number of hydrogen-bond acceptors (Lipinski definition) is 2. The van der Waals surface area contributed by atoms with Crippen LogP contribution in [0.3, 0.4) is 0 Å². The minimum absolute atomic E-state index is 0.709. The molecule has 12 heavy (non-hydrogen) atoms. The van der Waals surface area contributed by atoms with E-state index in [0.717, 1.165) is 11.0 Å². The van der Waals surface area contributed by atoms with Gasteiger partial charge in [0, 0.05) is 0 Å². The van der Waals surface area contributed by atoms with Gasteiger partial charge in [0.1, 0.15) is 0 Å². The van der Waals surface area contributed by atoms with E-state index >= 15 is 0 Å². The van der Waals surface area contributed by atoms with Crippen molar-refractivity contribution in [3.05, 3.63) is 24.3 Å². The molecule has 0 aliphatic rings. The summed E-state index contributed by atoms with van der Waals surface area (Å²) in [6, 6.07) is 7.88. The van der Waals surface area contributed by atoms with Crippen LogP contribution >= 0.6 is 0 Å². The molecule has 5 heteroatoms. The number of nitrogens with zero attached hydrogens (tertiary/aromatic N) is 3. The Balaban J connectivity index is 2.62. The zero-order valence-corrected chi connectivity index (χ0v) is 6.64. The van der Waals surface area contributed by atoms with Crippen LogP contribution in [-0.4, -0.2) is 35.5 Å². The number of rotatable bonds is 2. The molecule has 3 nitrogen and oxygen atoms in total. The summed E-state index contributed by atoms with van der Waals surface area (Å²) in [6.45, 7) is 5.46. The molecule has 2 rings (SSSR count). The van der Waals surface area contributed by atoms with E-state index in [0.29, 0.717) is 7.31 Å². The molecule has 0 N–H and O–H groups in total. The zero-order chi connectivity index (χ0) is 8.39. The molecule has 0 aliphatic carbocycles. The molecule has 0 bridgehead atoms. The molecule has 0 unspecified atom stereocenters. The molecule has 56 valence electrons. The molecular formula is C7H7B2N3. The fourth-order valence-electron chi connectivity index (χ4n) is 1.17. The predicted octanol–water partition coefficient (Wildman–Crippen LogP) is -0.318. The Hall–Kier alpha value is -1.38. The Bertz CT molecular complexity index is 410. The Morgan fingerprint density at radius 3 is 3.08 bits per heavy atom. The Morgan fingerprint density at radius 1 is 1.42 bits per heavy atom. The van der Waals surface area contributed by atoms with Crippen molar-refractivity contribution in [2.24, 2.45) is 0 Å². The second kappa shape index (κ2) is 2.93. The van der Waals surface area contributed by atoms with Gasteiger partial charge < -0.3 is 0 Å². The first-order valence-electron chi connectivity index (χ1n) is 3.81. The number of hydrogen-bond donors (Lipinski definition) is 0. The SMILES string of the molecule is C=BBn1nnc2ccccc21. The molecule has 0 atom stereocenters. The van der Waals surface area contributed by atoms with Gasteiger partial charge in [-0.2, -0.15) is 0 Å². The van der Waals surface area contributed by atoms with Gasteiger partial charge in [0.25, 0.3) is 0 Å². The van der Waals surface area contributed by atoms with Gasteiger partial charge in [0.2, 0.25) is 0 Å². The molecule has 0 aliphatic heterocycles. The molecule has 0 spiro atoms. The van der Waals surface area contributed by atoms with Crippen molar-refractivity contribution in [3.8, 4) is 0 Å². The fourth-order valence-corrected chi connectivity index (χ4v) is 1.17. The van der Waals surface area contributed by atoms with Crippen LogP contribution in [-0.2, 0) is 0 Å². The molecule has 1 aromatic carbocycles. The molecule has 0 saturated carbocycles. The molecule has 0 fully saturated rings. The maximum atomic E-state index is 4.00. The van der Waals surface area contributed by atoms with Crippen LogP contribution < -0.4 is 0 Å². The van der Waals surface area contributed by atoms with Gasteiger partial charge in [0.05, 0.1) is 0 Å². The summed E-state index contributed by atoms with van der Waals surface area (Å²) in [7, 11) is 0.709. The molecule has 0 amide bonds. The predicted molar refractivity (Wildman–Crippen MR) is 53.0 cm³/mol. The van der Waals surface area contributed by atoms with E-state index in [4.69, 9.17) is 0 Å². The third kappa shape index (κ3) is 1.07. The summed E-state index contributed by atoms with van der Waals surface area (Å²) >= 11 is 0. The molecular weight excluding hydrogens is 148 g/mol. The van der Waals surface area contributed by atoms with Crippen molar-refractivity contribution in [3.63, 3.8) is 0 Å². The molecule has 0 radical (unpaired) electrons. The fraction of sp³-hybridized carbons (Fsp3) is 0. The summed E-state index contributed by atoms with van der Waals surface area (Å²) in [6.07, 6.45) is 0. The second-order valence-corrected chi connectivity index (χ2v) is 2.55. The van der Waals surface area contributed by atoms with Gasteiger partial charge in [-0.15, -0.1) is 0 Å². The van der Waals surface area contributed by atoms with E-state index < -0.39 is 0 Å². The maximum absolute atomic E-state index is 4.00. The van der Waals surface area contributed by atoms with Crippen molar-refractivity contribution in [2.45, 2.75) is 0 Å². The van der Waals surface area contributed by atoms with Crippen molar-refractivity contribution in [1.29, 1.82) is 0 Å². The van der Waals surface area contributed by atoms with Crippen molar-refractivity contribution < 1.29 is 0 Å². The molecule has 1 aromatic heterocycles. The first kappa shape index (κ1) is 7.28. The molecule has 0 saturated heterocycles. The topological polar surface area (TPSA) is 30.7 Å². The zero-order valence-electron chi connectivity index (χ0n) is 6.64. The van der Waals surface area contributed by atoms with Crippen LogP contribution in [0.2, 0.25) is 0 Å². The van der Waals surface area contributed by atoms with Gasteiger partial charge in [-0.3, -0.25) is 0 Å². The standard InChI is InChI=1S/C7H7B2N3/c1-8-9-12-7-5-3-2-4-6(7)10-11-12/h2-5,9H,1H2. The summed E-state index contributed by atoms with van der Waals surface area (Å²) in [4.78, 5) is 0. The van der Waals surface area contributed by atoms with E-state index in [1.54, 1.807) is 6.81 Å². The van der Waals surface area contributed by atoms with Crippen LogP contribution in [0, 0.1) is 0 Å². The average Bonchev–Trinajstić information content (AvgIpc) is 2.50. The van der Waals surface area contributed by atoms with Crippen LogP contribution in [0.4, 0.5) is 0 Å². The van der Waals surface area contributed by atoms with Crippen LogP contribution in [0.25, 0.3) is 11.0 Å². The normalized spacial score (nSPS) is 9.67. The number of fused-ring (bicyclic) bond motifs is 1. The Labute approximate surface area is 71.5 Å². The second-order valence-electron chi connectivity index (χ2n) is 2.55. The van der Waals surface area contributed by atoms with Crippen molar-refractivity contribution in [1.82, 2.24) is 14.9 Å². The quantitative estimate of drug-likeness (QED) is 0.556. The number of aromatic nitrogens is 3. The van der Waals surface area contributed by atoms with Crippen molar-refractivity contribution >= 4 is 31.6 Å². The van der Waals surface area contributed by atoms with Crippen LogP contribution in [0.5, 0.6) is 0 Å². The van der Waals surface area contributed by atoms with E-state index in [9.17, 15) is 0 Å². The van der Waals surface area contributed by atoms with Gasteiger partial charge in [0.15, 0.2) is 0 Å². The third-order valence-electron chi connectivity index (χ3n) is 1.72. The van der Waals surface area contributed by atoms with E-state index in [-0.39, 0.29) is 0 Å². The molecule has 2 aromatic rings. The average molecular weight is 155 g/mol. The van der Waals surface area contributed by atoms with Gasteiger partial charge >= 0.3 is 70.8 Å². The Morgan fingerprint density at radius 2 is 2.25 bits per heavy atom. The van der Waals surface area contributed by atoms with Crippen LogP contribution in [0.1, 0.15) is 0 Å². The van der Waals surface area contributed by atoms with Crippen molar-refractivity contribution in [2.75, 3.05) is 0 Å². The molecule has 1 heterocycles. The third-order valence-corrected chi connectivity index (χ3v) is 1.72. The van der Waals surface area contributed by atoms with E-state index in [2.05, 4.69) is 16.8 Å². The van der Waals surface area contributed by atoms with Gasteiger partial charge in [-0.25, -0.2) is 0 Å². The number of benzene rings is 1. The first-order chi connectivity index (χ1) is 5.92. The number of para-hydroxylation sites is 1. The summed E-state index contributed by atoms with van der Waals surface area (Å²) < 4.78 is 1.82. The summed E-state index contributed by atoms with van der Waals surface area (Å²) in [5.41, 5.74) is 1.98. The van der Waals surface area contributed by atoms with E-state index in [1.165, 1.54) is 0 Å². The Kier molecular flexibility index (Phi) is 1.78. The van der Waals surface area contributed by atoms with Crippen LogP contribution in [0.15, 0.2) is 24.3 Å².